The third-order valence-electron chi connectivity index (χ3n) is 4.99. The quantitative estimate of drug-likeness (QED) is 0.790. The predicted molar refractivity (Wildman–Crippen MR) is 99.8 cm³/mol. The summed E-state index contributed by atoms with van der Waals surface area (Å²) >= 11 is 0. The predicted octanol–water partition coefficient (Wildman–Crippen LogP) is 2.92. The third-order valence-corrected chi connectivity index (χ3v) is 6.39. The summed E-state index contributed by atoms with van der Waals surface area (Å²) in [7, 11) is -3.70. The summed E-state index contributed by atoms with van der Waals surface area (Å²) in [6, 6.07) is 16.1. The zero-order valence-corrected chi connectivity index (χ0v) is 15.6. The molecule has 2 aromatic rings. The Kier molecular flexibility index (Phi) is 5.55. The lowest BCUT2D eigenvalue weighted by Gasteiger charge is -2.37. The summed E-state index contributed by atoms with van der Waals surface area (Å²) in [6.07, 6.45) is 1.51. The van der Waals surface area contributed by atoms with Crippen LogP contribution >= 0.6 is 0 Å². The van der Waals surface area contributed by atoms with E-state index in [1.807, 2.05) is 30.3 Å². The van der Waals surface area contributed by atoms with E-state index in [9.17, 15) is 13.2 Å². The maximum Gasteiger partial charge on any atom is 0.240 e. The molecule has 5 nitrogen and oxygen atoms in total. The van der Waals surface area contributed by atoms with Gasteiger partial charge in [-0.1, -0.05) is 42.5 Å². The fourth-order valence-electron chi connectivity index (χ4n) is 3.32. The third kappa shape index (κ3) is 4.03. The Labute approximate surface area is 154 Å². The summed E-state index contributed by atoms with van der Waals surface area (Å²) in [5, 5.41) is 0. The number of ketones is 1. The highest BCUT2D eigenvalue weighted by molar-refractivity contribution is 7.89. The zero-order chi connectivity index (χ0) is 18.6. The molecule has 0 atom stereocenters. The Morgan fingerprint density at radius 1 is 1.08 bits per heavy atom. The van der Waals surface area contributed by atoms with Crippen LogP contribution in [0.15, 0.2) is 59.5 Å². The number of hydrogen-bond donors (Lipinski definition) is 1. The van der Waals surface area contributed by atoms with Crippen molar-refractivity contribution in [2.24, 2.45) is 0 Å². The molecule has 0 radical (unpaired) electrons. The molecule has 6 heteroatoms. The molecule has 0 unspecified atom stereocenters. The number of ether oxygens (including phenoxy) is 1. The average Bonchev–Trinajstić information content (AvgIpc) is 2.68. The molecule has 1 N–H and O–H groups in total. The maximum absolute atomic E-state index is 12.8. The van der Waals surface area contributed by atoms with Gasteiger partial charge >= 0.3 is 0 Å². The van der Waals surface area contributed by atoms with Gasteiger partial charge in [0.25, 0.3) is 0 Å². The van der Waals surface area contributed by atoms with Crippen molar-refractivity contribution in [3.8, 4) is 0 Å². The SMILES string of the molecule is CC(=O)c1cccc(S(=O)(=O)NCC2(c3ccccc3)CCOCC2)c1. The van der Waals surface area contributed by atoms with Gasteiger partial charge in [0.15, 0.2) is 5.78 Å². The molecule has 138 valence electrons. The van der Waals surface area contributed by atoms with Gasteiger partial charge in [-0.05, 0) is 37.5 Å². The minimum absolute atomic E-state index is 0.112. The van der Waals surface area contributed by atoms with Gasteiger partial charge in [0.05, 0.1) is 4.90 Å². The highest BCUT2D eigenvalue weighted by Crippen LogP contribution is 2.34. The van der Waals surface area contributed by atoms with Crippen LogP contribution in [0.1, 0.15) is 35.7 Å². The molecular weight excluding hydrogens is 350 g/mol. The van der Waals surface area contributed by atoms with Crippen molar-refractivity contribution >= 4 is 15.8 Å². The maximum atomic E-state index is 12.8. The van der Waals surface area contributed by atoms with Gasteiger partial charge in [-0.15, -0.1) is 0 Å². The van der Waals surface area contributed by atoms with E-state index < -0.39 is 10.0 Å². The van der Waals surface area contributed by atoms with E-state index in [1.54, 1.807) is 12.1 Å². The number of benzene rings is 2. The first-order valence-electron chi connectivity index (χ1n) is 8.67. The zero-order valence-electron chi connectivity index (χ0n) is 14.8. The van der Waals surface area contributed by atoms with Gasteiger partial charge in [-0.2, -0.15) is 0 Å². The molecule has 0 aliphatic carbocycles. The van der Waals surface area contributed by atoms with Crippen molar-refractivity contribution in [3.63, 3.8) is 0 Å². The van der Waals surface area contributed by atoms with Crippen LogP contribution in [0, 0.1) is 0 Å². The minimum Gasteiger partial charge on any atom is -0.381 e. The molecule has 26 heavy (non-hydrogen) atoms. The Balaban J connectivity index is 1.85. The lowest BCUT2D eigenvalue weighted by Crippen LogP contribution is -2.44. The van der Waals surface area contributed by atoms with Gasteiger partial charge in [0.2, 0.25) is 10.0 Å². The lowest BCUT2D eigenvalue weighted by molar-refractivity contribution is 0.0517. The van der Waals surface area contributed by atoms with E-state index in [2.05, 4.69) is 4.72 Å². The normalized spacial score (nSPS) is 17.0. The molecular formula is C20H23NO4S. The van der Waals surface area contributed by atoms with E-state index in [4.69, 9.17) is 4.74 Å². The topological polar surface area (TPSA) is 72.5 Å². The lowest BCUT2D eigenvalue weighted by atomic mass is 9.74. The fourth-order valence-corrected chi connectivity index (χ4v) is 4.49. The Morgan fingerprint density at radius 3 is 2.42 bits per heavy atom. The second kappa shape index (κ2) is 7.70. The molecule has 0 amide bonds. The van der Waals surface area contributed by atoms with Crippen molar-refractivity contribution in [2.45, 2.75) is 30.1 Å². The molecule has 0 aromatic heterocycles. The number of sulfonamides is 1. The van der Waals surface area contributed by atoms with Crippen LogP contribution in [0.5, 0.6) is 0 Å². The molecule has 0 saturated carbocycles. The Hall–Kier alpha value is -2.02. The van der Waals surface area contributed by atoms with E-state index in [0.29, 0.717) is 25.3 Å². The summed E-state index contributed by atoms with van der Waals surface area (Å²) in [4.78, 5) is 11.6. The first kappa shape index (κ1) is 18.8. The number of nitrogens with one attached hydrogen (secondary N) is 1. The van der Waals surface area contributed by atoms with Crippen molar-refractivity contribution in [1.29, 1.82) is 0 Å². The van der Waals surface area contributed by atoms with E-state index in [-0.39, 0.29) is 16.1 Å². The summed E-state index contributed by atoms with van der Waals surface area (Å²) < 4.78 is 33.8. The van der Waals surface area contributed by atoms with Crippen LogP contribution in [0.25, 0.3) is 0 Å². The highest BCUT2D eigenvalue weighted by Gasteiger charge is 2.35. The van der Waals surface area contributed by atoms with E-state index >= 15 is 0 Å². The van der Waals surface area contributed by atoms with Gasteiger partial charge in [0, 0.05) is 30.7 Å². The minimum atomic E-state index is -3.70. The summed E-state index contributed by atoms with van der Waals surface area (Å²) in [5.74, 6) is -0.160. The average molecular weight is 373 g/mol. The molecule has 2 aromatic carbocycles. The van der Waals surface area contributed by atoms with Crippen molar-refractivity contribution < 1.29 is 17.9 Å². The van der Waals surface area contributed by atoms with Gasteiger partial charge in [0.1, 0.15) is 0 Å². The fraction of sp³-hybridized carbons (Fsp3) is 0.350. The van der Waals surface area contributed by atoms with E-state index in [0.717, 1.165) is 18.4 Å². The van der Waals surface area contributed by atoms with Crippen LogP contribution in [0.3, 0.4) is 0 Å². The summed E-state index contributed by atoms with van der Waals surface area (Å²) in [6.45, 7) is 2.94. The number of Topliss-reactive ketones (excluding diaryl/α,β-unsaturated/α-hetero) is 1. The smallest absolute Gasteiger partial charge is 0.240 e. The molecule has 1 aliphatic rings. The molecule has 1 saturated heterocycles. The van der Waals surface area contributed by atoms with Crippen molar-refractivity contribution in [1.82, 2.24) is 4.72 Å². The van der Waals surface area contributed by atoms with Crippen molar-refractivity contribution in [2.75, 3.05) is 19.8 Å². The monoisotopic (exact) mass is 373 g/mol. The van der Waals surface area contributed by atoms with Crippen LogP contribution in [-0.4, -0.2) is 34.0 Å². The molecule has 0 bridgehead atoms. The molecule has 1 aliphatic heterocycles. The molecule has 1 fully saturated rings. The van der Waals surface area contributed by atoms with Crippen LogP contribution in [0.2, 0.25) is 0 Å². The van der Waals surface area contributed by atoms with Gasteiger partial charge in [-0.3, -0.25) is 4.79 Å². The number of carbonyl (C=O) groups excluding carboxylic acids is 1. The molecule has 1 heterocycles. The number of rotatable bonds is 6. The second-order valence-electron chi connectivity index (χ2n) is 6.67. The number of hydrogen-bond acceptors (Lipinski definition) is 4. The van der Waals surface area contributed by atoms with Crippen molar-refractivity contribution in [3.05, 3.63) is 65.7 Å². The highest BCUT2D eigenvalue weighted by atomic mass is 32.2. The number of carbonyl (C=O) groups is 1. The standard InChI is InChI=1S/C20H23NO4S/c1-16(22)17-6-5-9-19(14-17)26(23,24)21-15-20(10-12-25-13-11-20)18-7-3-2-4-8-18/h2-9,14,21H,10-13,15H2,1H3. The van der Waals surface area contributed by atoms with Crippen LogP contribution in [0.4, 0.5) is 0 Å². The Bertz CT molecular complexity index is 872. The molecule has 0 spiro atoms. The van der Waals surface area contributed by atoms with Crippen LogP contribution in [-0.2, 0) is 20.2 Å². The second-order valence-corrected chi connectivity index (χ2v) is 8.43. The first-order chi connectivity index (χ1) is 12.4. The van der Waals surface area contributed by atoms with Gasteiger partial charge in [-0.25, -0.2) is 13.1 Å². The molecule has 3 rings (SSSR count). The van der Waals surface area contributed by atoms with Crippen LogP contribution < -0.4 is 4.72 Å². The van der Waals surface area contributed by atoms with Gasteiger partial charge < -0.3 is 4.74 Å². The first-order valence-corrected chi connectivity index (χ1v) is 10.2. The summed E-state index contributed by atoms with van der Waals surface area (Å²) in [5.41, 5.74) is 1.21. The largest absolute Gasteiger partial charge is 0.381 e. The Morgan fingerprint density at radius 2 is 1.77 bits per heavy atom. The van der Waals surface area contributed by atoms with E-state index in [1.165, 1.54) is 19.1 Å².